The maximum Gasteiger partial charge on any atom is 0.273 e. The van der Waals surface area contributed by atoms with Crippen molar-refractivity contribution < 1.29 is 9.59 Å². The Morgan fingerprint density at radius 1 is 0.889 bits per heavy atom. The lowest BCUT2D eigenvalue weighted by atomic mass is 10.1. The second-order valence-electron chi connectivity index (χ2n) is 8.19. The lowest BCUT2D eigenvalue weighted by molar-refractivity contribution is -0.122. The van der Waals surface area contributed by atoms with E-state index in [0.29, 0.717) is 16.6 Å². The molecule has 2 amide bonds. The van der Waals surface area contributed by atoms with Crippen molar-refractivity contribution in [2.75, 3.05) is 0 Å². The lowest BCUT2D eigenvalue weighted by Crippen LogP contribution is -2.44. The number of benzene rings is 3. The van der Waals surface area contributed by atoms with E-state index in [2.05, 4.69) is 20.9 Å². The first kappa shape index (κ1) is 22.7. The van der Waals surface area contributed by atoms with Gasteiger partial charge in [0.2, 0.25) is 0 Å². The van der Waals surface area contributed by atoms with Gasteiger partial charge in [0.05, 0.1) is 28.5 Å². The van der Waals surface area contributed by atoms with E-state index in [9.17, 15) is 14.4 Å². The highest BCUT2D eigenvalue weighted by Crippen LogP contribution is 2.23. The second-order valence-corrected chi connectivity index (χ2v) is 8.19. The molecule has 36 heavy (non-hydrogen) atoms. The molecule has 0 saturated heterocycles. The number of carbonyl (C=O) groups is 2. The van der Waals surface area contributed by atoms with Gasteiger partial charge in [-0.25, -0.2) is 9.67 Å². The molecule has 0 spiro atoms. The molecule has 0 aliphatic rings. The fraction of sp³-hybridized carbons (Fsp3) is 0.0741. The number of rotatable bonds is 5. The summed E-state index contributed by atoms with van der Waals surface area (Å²) in [6, 6.07) is 24.0. The normalized spacial score (nSPS) is 10.8. The van der Waals surface area contributed by atoms with Gasteiger partial charge in [-0.05, 0) is 30.7 Å². The van der Waals surface area contributed by atoms with Crippen LogP contribution in [0.5, 0.6) is 0 Å². The minimum atomic E-state index is -0.573. The molecule has 178 valence electrons. The molecular formula is C27H22N6O3. The predicted molar refractivity (Wildman–Crippen MR) is 135 cm³/mol. The van der Waals surface area contributed by atoms with Crippen molar-refractivity contribution in [3.05, 3.63) is 113 Å². The fourth-order valence-corrected chi connectivity index (χ4v) is 3.90. The number of aromatic nitrogens is 4. The number of hydrazine groups is 1. The van der Waals surface area contributed by atoms with Crippen LogP contribution in [0.1, 0.15) is 15.9 Å². The largest absolute Gasteiger partial charge is 0.289 e. The first-order valence-electron chi connectivity index (χ1n) is 11.3. The molecule has 0 saturated carbocycles. The van der Waals surface area contributed by atoms with E-state index in [0.717, 1.165) is 16.8 Å². The molecule has 0 aliphatic heterocycles. The Morgan fingerprint density at radius 2 is 1.61 bits per heavy atom. The summed E-state index contributed by atoms with van der Waals surface area (Å²) in [6.45, 7) is 1.57. The van der Waals surface area contributed by atoms with Crippen LogP contribution in [-0.2, 0) is 11.3 Å². The molecule has 2 N–H and O–H groups in total. The summed E-state index contributed by atoms with van der Waals surface area (Å²) >= 11 is 0. The summed E-state index contributed by atoms with van der Waals surface area (Å²) in [5.74, 6) is -1.11. The highest BCUT2D eigenvalue weighted by atomic mass is 16.2. The number of amides is 2. The molecule has 2 heterocycles. The number of hydrogen-bond donors (Lipinski definition) is 2. The highest BCUT2D eigenvalue weighted by molar-refractivity contribution is 6.00. The van der Waals surface area contributed by atoms with Crippen molar-refractivity contribution in [3.8, 4) is 16.9 Å². The van der Waals surface area contributed by atoms with Gasteiger partial charge >= 0.3 is 0 Å². The van der Waals surface area contributed by atoms with E-state index in [-0.39, 0.29) is 17.7 Å². The van der Waals surface area contributed by atoms with E-state index in [1.807, 2.05) is 73.7 Å². The zero-order valence-corrected chi connectivity index (χ0v) is 19.4. The summed E-state index contributed by atoms with van der Waals surface area (Å²) in [6.07, 6.45) is 2.94. The summed E-state index contributed by atoms with van der Waals surface area (Å²) in [5.41, 5.74) is 8.24. The van der Waals surface area contributed by atoms with Gasteiger partial charge in [0.15, 0.2) is 0 Å². The molecule has 5 rings (SSSR count). The third-order valence-corrected chi connectivity index (χ3v) is 5.71. The first-order chi connectivity index (χ1) is 17.5. The van der Waals surface area contributed by atoms with Gasteiger partial charge in [0.1, 0.15) is 12.2 Å². The number of fused-ring (bicyclic) bond motifs is 1. The molecule has 0 atom stereocenters. The molecule has 5 aromatic rings. The molecule has 9 nitrogen and oxygen atoms in total. The lowest BCUT2D eigenvalue weighted by Gasteiger charge is -2.10. The van der Waals surface area contributed by atoms with Crippen LogP contribution in [0.25, 0.3) is 27.8 Å². The standard InChI is InChI=1S/C27H22N6O3/c1-18-9-8-14-21-24(18)28-17-32(27(21)36)16-23(34)29-30-26(35)22-15-33(20-12-6-3-7-13-20)31-25(22)19-10-4-2-5-11-19/h2-15,17H,16H2,1H3,(H,29,34)(H,30,35). The summed E-state index contributed by atoms with van der Waals surface area (Å²) in [5, 5.41) is 5.03. The van der Waals surface area contributed by atoms with Crippen LogP contribution in [0.2, 0.25) is 0 Å². The maximum atomic E-state index is 13.1. The predicted octanol–water partition coefficient (Wildman–Crippen LogP) is 3.02. The van der Waals surface area contributed by atoms with Gasteiger partial charge in [-0.15, -0.1) is 0 Å². The van der Waals surface area contributed by atoms with Gasteiger partial charge in [0.25, 0.3) is 17.4 Å². The Kier molecular flexibility index (Phi) is 6.10. The topological polar surface area (TPSA) is 111 Å². The fourth-order valence-electron chi connectivity index (χ4n) is 3.90. The van der Waals surface area contributed by atoms with Crippen molar-refractivity contribution in [1.82, 2.24) is 30.2 Å². The number of nitrogens with zero attached hydrogens (tertiary/aromatic N) is 4. The maximum absolute atomic E-state index is 13.1. The Labute approximate surface area is 206 Å². The van der Waals surface area contributed by atoms with Gasteiger partial charge in [-0.2, -0.15) is 5.10 Å². The van der Waals surface area contributed by atoms with Crippen LogP contribution in [0.3, 0.4) is 0 Å². The molecular weight excluding hydrogens is 456 g/mol. The average Bonchev–Trinajstić information content (AvgIpc) is 3.36. The molecule has 0 bridgehead atoms. The monoisotopic (exact) mass is 478 g/mol. The van der Waals surface area contributed by atoms with E-state index in [4.69, 9.17) is 0 Å². The van der Waals surface area contributed by atoms with Crippen molar-refractivity contribution >= 4 is 22.7 Å². The SMILES string of the molecule is Cc1cccc2c(=O)n(CC(=O)NNC(=O)c3cn(-c4ccccc4)nc3-c3ccccc3)cnc12. The van der Waals surface area contributed by atoms with Gasteiger partial charge < -0.3 is 0 Å². The van der Waals surface area contributed by atoms with Crippen LogP contribution >= 0.6 is 0 Å². The quantitative estimate of drug-likeness (QED) is 0.377. The third kappa shape index (κ3) is 4.49. The summed E-state index contributed by atoms with van der Waals surface area (Å²) in [4.78, 5) is 42.7. The summed E-state index contributed by atoms with van der Waals surface area (Å²) in [7, 11) is 0. The minimum Gasteiger partial charge on any atom is -0.289 e. The van der Waals surface area contributed by atoms with E-state index >= 15 is 0 Å². The minimum absolute atomic E-state index is 0.283. The zero-order chi connectivity index (χ0) is 25.1. The smallest absolute Gasteiger partial charge is 0.273 e. The van der Waals surface area contributed by atoms with Gasteiger partial charge in [-0.3, -0.25) is 29.8 Å². The highest BCUT2D eigenvalue weighted by Gasteiger charge is 2.19. The first-order valence-corrected chi connectivity index (χ1v) is 11.3. The van der Waals surface area contributed by atoms with E-state index in [1.165, 1.54) is 10.9 Å². The Morgan fingerprint density at radius 3 is 2.36 bits per heavy atom. The molecule has 2 aromatic heterocycles. The molecule has 0 aliphatic carbocycles. The third-order valence-electron chi connectivity index (χ3n) is 5.71. The Bertz CT molecular complexity index is 1620. The van der Waals surface area contributed by atoms with Crippen molar-refractivity contribution in [2.45, 2.75) is 13.5 Å². The zero-order valence-electron chi connectivity index (χ0n) is 19.4. The van der Waals surface area contributed by atoms with Crippen molar-refractivity contribution in [3.63, 3.8) is 0 Å². The van der Waals surface area contributed by atoms with Crippen LogP contribution in [0.15, 0.2) is 96.2 Å². The van der Waals surface area contributed by atoms with Crippen molar-refractivity contribution in [2.24, 2.45) is 0 Å². The van der Waals surface area contributed by atoms with Crippen LogP contribution in [-0.4, -0.2) is 31.1 Å². The number of para-hydroxylation sites is 2. The van der Waals surface area contributed by atoms with E-state index in [1.54, 1.807) is 23.0 Å². The van der Waals surface area contributed by atoms with Gasteiger partial charge in [-0.1, -0.05) is 60.7 Å². The molecule has 0 unspecified atom stereocenters. The number of aryl methyl sites for hydroxylation is 1. The van der Waals surface area contributed by atoms with E-state index < -0.39 is 11.8 Å². The molecule has 0 fully saturated rings. The van der Waals surface area contributed by atoms with Crippen LogP contribution in [0.4, 0.5) is 0 Å². The molecule has 9 heteroatoms. The molecule has 3 aromatic carbocycles. The van der Waals surface area contributed by atoms with Crippen LogP contribution < -0.4 is 16.4 Å². The second kappa shape index (κ2) is 9.67. The Hall–Kier alpha value is -5.05. The Balaban J connectivity index is 1.35. The average molecular weight is 479 g/mol. The summed E-state index contributed by atoms with van der Waals surface area (Å²) < 4.78 is 2.81. The van der Waals surface area contributed by atoms with Crippen LogP contribution in [0, 0.1) is 6.92 Å². The number of carbonyl (C=O) groups excluding carboxylic acids is 2. The van der Waals surface area contributed by atoms with Gasteiger partial charge in [0, 0.05) is 11.8 Å². The number of hydrogen-bond acceptors (Lipinski definition) is 5. The number of nitrogens with one attached hydrogen (secondary N) is 2. The molecule has 0 radical (unpaired) electrons. The van der Waals surface area contributed by atoms with Crippen molar-refractivity contribution in [1.29, 1.82) is 0 Å².